The Labute approximate surface area is 167 Å². The van der Waals surface area contributed by atoms with E-state index < -0.39 is 0 Å². The van der Waals surface area contributed by atoms with Gasteiger partial charge in [-0.2, -0.15) is 0 Å². The van der Waals surface area contributed by atoms with Gasteiger partial charge >= 0.3 is 0 Å². The number of hydrogen-bond acceptors (Lipinski definition) is 5. The first-order valence-electron chi connectivity index (χ1n) is 10.1. The standard InChI is InChI=1S/C22H31N3O3/c1-3-24-12-14-25(15-13-24)20(19-8-4-5-9-21(19)27-2)17-23-22(26)11-10-18-7-6-16-28-18/h4-9,16,20H,3,10-15,17H2,1-2H3,(H,23,26). The van der Waals surface area contributed by atoms with Gasteiger partial charge in [0.05, 0.1) is 19.4 Å². The lowest BCUT2D eigenvalue weighted by molar-refractivity contribution is -0.121. The van der Waals surface area contributed by atoms with E-state index in [2.05, 4.69) is 28.1 Å². The van der Waals surface area contributed by atoms with Crippen LogP contribution in [0.5, 0.6) is 5.75 Å². The van der Waals surface area contributed by atoms with Crippen molar-refractivity contribution in [3.8, 4) is 5.75 Å². The third kappa shape index (κ3) is 5.36. The molecule has 1 saturated heterocycles. The summed E-state index contributed by atoms with van der Waals surface area (Å²) < 4.78 is 10.9. The number of aryl methyl sites for hydroxylation is 1. The molecule has 1 aromatic carbocycles. The largest absolute Gasteiger partial charge is 0.496 e. The maximum absolute atomic E-state index is 12.4. The Morgan fingerprint density at radius 2 is 1.96 bits per heavy atom. The summed E-state index contributed by atoms with van der Waals surface area (Å²) in [5.74, 6) is 1.76. The van der Waals surface area contributed by atoms with E-state index in [1.165, 1.54) is 0 Å². The molecule has 2 aromatic rings. The molecular formula is C22H31N3O3. The fraction of sp³-hybridized carbons (Fsp3) is 0.500. The van der Waals surface area contributed by atoms with Gasteiger partial charge in [0.1, 0.15) is 11.5 Å². The zero-order valence-corrected chi connectivity index (χ0v) is 16.9. The maximum atomic E-state index is 12.4. The summed E-state index contributed by atoms with van der Waals surface area (Å²) in [5.41, 5.74) is 1.13. The van der Waals surface area contributed by atoms with Gasteiger partial charge in [0.2, 0.25) is 5.91 Å². The second kappa shape index (κ2) is 10.3. The van der Waals surface area contributed by atoms with Crippen molar-refractivity contribution in [3.05, 3.63) is 54.0 Å². The molecule has 1 unspecified atom stereocenters. The van der Waals surface area contributed by atoms with Gasteiger partial charge in [-0.05, 0) is 24.7 Å². The number of nitrogens with zero attached hydrogens (tertiary/aromatic N) is 2. The minimum Gasteiger partial charge on any atom is -0.496 e. The average Bonchev–Trinajstić information content (AvgIpc) is 3.27. The van der Waals surface area contributed by atoms with Crippen molar-refractivity contribution in [1.29, 1.82) is 0 Å². The fourth-order valence-corrected chi connectivity index (χ4v) is 3.76. The fourth-order valence-electron chi connectivity index (χ4n) is 3.76. The lowest BCUT2D eigenvalue weighted by atomic mass is 10.0. The van der Waals surface area contributed by atoms with Crippen molar-refractivity contribution in [3.63, 3.8) is 0 Å². The van der Waals surface area contributed by atoms with Crippen molar-refractivity contribution in [1.82, 2.24) is 15.1 Å². The van der Waals surface area contributed by atoms with E-state index in [-0.39, 0.29) is 11.9 Å². The summed E-state index contributed by atoms with van der Waals surface area (Å²) in [5, 5.41) is 3.13. The predicted molar refractivity (Wildman–Crippen MR) is 109 cm³/mol. The monoisotopic (exact) mass is 385 g/mol. The number of likely N-dealkylation sites (N-methyl/N-ethyl adjacent to an activating group) is 1. The number of carbonyl (C=O) groups excluding carboxylic acids is 1. The molecule has 28 heavy (non-hydrogen) atoms. The van der Waals surface area contributed by atoms with E-state index in [1.54, 1.807) is 13.4 Å². The second-order valence-electron chi connectivity index (χ2n) is 7.11. The van der Waals surface area contributed by atoms with Crippen LogP contribution in [0, 0.1) is 0 Å². The summed E-state index contributed by atoms with van der Waals surface area (Å²) in [6, 6.07) is 12.0. The quantitative estimate of drug-likeness (QED) is 0.719. The average molecular weight is 386 g/mol. The van der Waals surface area contributed by atoms with E-state index in [0.717, 1.165) is 49.8 Å². The highest BCUT2D eigenvalue weighted by Gasteiger charge is 2.27. The van der Waals surface area contributed by atoms with Crippen molar-refractivity contribution in [2.75, 3.05) is 46.4 Å². The molecule has 1 amide bonds. The van der Waals surface area contributed by atoms with Crippen LogP contribution in [-0.2, 0) is 11.2 Å². The molecule has 1 atom stereocenters. The summed E-state index contributed by atoms with van der Waals surface area (Å²) in [6.07, 6.45) is 2.68. The molecule has 0 radical (unpaired) electrons. The molecule has 1 aliphatic heterocycles. The minimum atomic E-state index is 0.0449. The molecule has 1 fully saturated rings. The second-order valence-corrected chi connectivity index (χ2v) is 7.11. The first-order valence-corrected chi connectivity index (χ1v) is 10.1. The van der Waals surface area contributed by atoms with E-state index in [9.17, 15) is 4.79 Å². The molecule has 6 nitrogen and oxygen atoms in total. The first-order chi connectivity index (χ1) is 13.7. The number of carbonyl (C=O) groups is 1. The number of nitrogens with one attached hydrogen (secondary N) is 1. The molecule has 1 aromatic heterocycles. The first kappa shape index (κ1) is 20.4. The van der Waals surface area contributed by atoms with E-state index >= 15 is 0 Å². The molecule has 0 bridgehead atoms. The van der Waals surface area contributed by atoms with Gasteiger partial charge in [0.15, 0.2) is 0 Å². The molecule has 0 aliphatic carbocycles. The zero-order chi connectivity index (χ0) is 19.8. The Kier molecular flexibility index (Phi) is 7.51. The number of piperazine rings is 1. The van der Waals surface area contributed by atoms with Crippen LogP contribution in [-0.4, -0.2) is 62.1 Å². The Bertz CT molecular complexity index is 724. The van der Waals surface area contributed by atoms with Crippen LogP contribution in [0.25, 0.3) is 0 Å². The Morgan fingerprint density at radius 1 is 1.18 bits per heavy atom. The van der Waals surface area contributed by atoms with Crippen LogP contribution in [0.4, 0.5) is 0 Å². The molecule has 152 valence electrons. The SMILES string of the molecule is CCN1CCN(C(CNC(=O)CCc2ccco2)c2ccccc2OC)CC1. The molecule has 2 heterocycles. The molecular weight excluding hydrogens is 354 g/mol. The predicted octanol–water partition coefficient (Wildman–Crippen LogP) is 2.72. The zero-order valence-electron chi connectivity index (χ0n) is 16.9. The van der Waals surface area contributed by atoms with Crippen molar-refractivity contribution in [2.24, 2.45) is 0 Å². The number of rotatable bonds is 9. The topological polar surface area (TPSA) is 58.0 Å². The van der Waals surface area contributed by atoms with Gasteiger partial charge in [-0.15, -0.1) is 0 Å². The minimum absolute atomic E-state index is 0.0449. The van der Waals surface area contributed by atoms with Crippen LogP contribution < -0.4 is 10.1 Å². The van der Waals surface area contributed by atoms with Crippen LogP contribution in [0.3, 0.4) is 0 Å². The van der Waals surface area contributed by atoms with Crippen LogP contribution in [0.15, 0.2) is 47.1 Å². The van der Waals surface area contributed by atoms with E-state index in [0.29, 0.717) is 19.4 Å². The number of amides is 1. The maximum Gasteiger partial charge on any atom is 0.220 e. The van der Waals surface area contributed by atoms with Crippen LogP contribution in [0.1, 0.15) is 30.7 Å². The van der Waals surface area contributed by atoms with Gasteiger partial charge in [0.25, 0.3) is 0 Å². The Balaban J connectivity index is 1.65. The smallest absolute Gasteiger partial charge is 0.220 e. The number of hydrogen-bond donors (Lipinski definition) is 1. The third-order valence-corrected chi connectivity index (χ3v) is 5.46. The Hall–Kier alpha value is -2.31. The van der Waals surface area contributed by atoms with Gasteiger partial charge < -0.3 is 19.4 Å². The summed E-state index contributed by atoms with van der Waals surface area (Å²) >= 11 is 0. The number of para-hydroxylation sites is 1. The van der Waals surface area contributed by atoms with Gasteiger partial charge in [-0.1, -0.05) is 25.1 Å². The lowest BCUT2D eigenvalue weighted by Crippen LogP contribution is -2.49. The van der Waals surface area contributed by atoms with Crippen LogP contribution in [0.2, 0.25) is 0 Å². The number of methoxy groups -OCH3 is 1. The molecule has 1 aliphatic rings. The molecule has 1 N–H and O–H groups in total. The third-order valence-electron chi connectivity index (χ3n) is 5.46. The summed E-state index contributed by atoms with van der Waals surface area (Å²) in [4.78, 5) is 17.3. The van der Waals surface area contributed by atoms with Crippen LogP contribution >= 0.6 is 0 Å². The van der Waals surface area contributed by atoms with Gasteiger partial charge in [-0.25, -0.2) is 0 Å². The normalized spacial score (nSPS) is 16.6. The van der Waals surface area contributed by atoms with E-state index in [4.69, 9.17) is 9.15 Å². The molecule has 0 spiro atoms. The molecule has 0 saturated carbocycles. The highest BCUT2D eigenvalue weighted by atomic mass is 16.5. The summed E-state index contributed by atoms with van der Waals surface area (Å²) in [6.45, 7) is 7.92. The van der Waals surface area contributed by atoms with Crippen molar-refractivity contribution >= 4 is 5.91 Å². The Morgan fingerprint density at radius 3 is 2.64 bits per heavy atom. The lowest BCUT2D eigenvalue weighted by Gasteiger charge is -2.39. The van der Waals surface area contributed by atoms with E-state index in [1.807, 2.05) is 30.3 Å². The molecule has 6 heteroatoms. The van der Waals surface area contributed by atoms with Crippen molar-refractivity contribution < 1.29 is 13.9 Å². The van der Waals surface area contributed by atoms with Crippen molar-refractivity contribution in [2.45, 2.75) is 25.8 Å². The number of furan rings is 1. The van der Waals surface area contributed by atoms with Gasteiger partial charge in [-0.3, -0.25) is 9.69 Å². The highest BCUT2D eigenvalue weighted by Crippen LogP contribution is 2.29. The molecule has 3 rings (SSSR count). The number of benzene rings is 1. The highest BCUT2D eigenvalue weighted by molar-refractivity contribution is 5.76. The van der Waals surface area contributed by atoms with Gasteiger partial charge in [0, 0.05) is 51.1 Å². The number of ether oxygens (including phenoxy) is 1. The summed E-state index contributed by atoms with van der Waals surface area (Å²) in [7, 11) is 1.70.